The topological polar surface area (TPSA) is 79.8 Å². The van der Waals surface area contributed by atoms with Crippen molar-refractivity contribution in [3.63, 3.8) is 0 Å². The van der Waals surface area contributed by atoms with E-state index in [2.05, 4.69) is 15.8 Å². The van der Waals surface area contributed by atoms with Crippen LogP contribution in [0.1, 0.15) is 15.9 Å². The highest BCUT2D eigenvalue weighted by atomic mass is 35.5. The molecular weight excluding hydrogens is 330 g/mol. The second-order valence-electron chi connectivity index (χ2n) is 4.70. The van der Waals surface area contributed by atoms with Gasteiger partial charge in [-0.3, -0.25) is 9.59 Å². The van der Waals surface area contributed by atoms with Gasteiger partial charge in [0.15, 0.2) is 0 Å². The molecular formula is C17H16ClN3O3. The van der Waals surface area contributed by atoms with E-state index in [0.717, 1.165) is 5.56 Å². The number of carbonyl (C=O) groups is 2. The van der Waals surface area contributed by atoms with Crippen molar-refractivity contribution in [1.29, 1.82) is 0 Å². The number of rotatable bonds is 6. The van der Waals surface area contributed by atoms with Gasteiger partial charge in [-0.25, -0.2) is 5.43 Å². The number of amides is 2. The third kappa shape index (κ3) is 4.82. The highest BCUT2D eigenvalue weighted by molar-refractivity contribution is 6.33. The minimum Gasteiger partial charge on any atom is -0.496 e. The number of benzene rings is 2. The number of carbonyl (C=O) groups excluding carboxylic acids is 2. The van der Waals surface area contributed by atoms with E-state index in [1.54, 1.807) is 43.5 Å². The SMILES string of the molecule is COc1ccccc1C=NNC(=O)CNC(=O)c1ccccc1Cl. The second-order valence-corrected chi connectivity index (χ2v) is 5.10. The first-order valence-corrected chi connectivity index (χ1v) is 7.47. The number of hydrazone groups is 1. The van der Waals surface area contributed by atoms with E-state index in [9.17, 15) is 9.59 Å². The Hall–Kier alpha value is -2.86. The van der Waals surface area contributed by atoms with Gasteiger partial charge in [0.2, 0.25) is 0 Å². The second kappa shape index (κ2) is 8.69. The highest BCUT2D eigenvalue weighted by Gasteiger charge is 2.10. The fourth-order valence-corrected chi connectivity index (χ4v) is 2.11. The van der Waals surface area contributed by atoms with E-state index < -0.39 is 11.8 Å². The van der Waals surface area contributed by atoms with Gasteiger partial charge < -0.3 is 10.1 Å². The van der Waals surface area contributed by atoms with E-state index in [0.29, 0.717) is 16.3 Å². The molecule has 7 heteroatoms. The maximum atomic E-state index is 11.9. The first kappa shape index (κ1) is 17.5. The monoisotopic (exact) mass is 345 g/mol. The van der Waals surface area contributed by atoms with E-state index >= 15 is 0 Å². The van der Waals surface area contributed by atoms with Crippen molar-refractivity contribution < 1.29 is 14.3 Å². The van der Waals surface area contributed by atoms with Gasteiger partial charge in [-0.1, -0.05) is 35.9 Å². The summed E-state index contributed by atoms with van der Waals surface area (Å²) in [6, 6.07) is 13.8. The van der Waals surface area contributed by atoms with Gasteiger partial charge >= 0.3 is 0 Å². The van der Waals surface area contributed by atoms with Gasteiger partial charge in [0.25, 0.3) is 11.8 Å². The zero-order chi connectivity index (χ0) is 17.4. The van der Waals surface area contributed by atoms with Crippen LogP contribution in [0.25, 0.3) is 0 Å². The zero-order valence-electron chi connectivity index (χ0n) is 13.0. The molecule has 0 heterocycles. The lowest BCUT2D eigenvalue weighted by atomic mass is 10.2. The largest absolute Gasteiger partial charge is 0.496 e. The van der Waals surface area contributed by atoms with Gasteiger partial charge in [-0.05, 0) is 24.3 Å². The molecule has 2 aromatic carbocycles. The molecule has 0 bridgehead atoms. The van der Waals surface area contributed by atoms with Crippen LogP contribution in [-0.2, 0) is 4.79 Å². The Morgan fingerprint density at radius 2 is 1.88 bits per heavy atom. The van der Waals surface area contributed by atoms with Crippen LogP contribution in [0.4, 0.5) is 0 Å². The van der Waals surface area contributed by atoms with Crippen LogP contribution in [0.15, 0.2) is 53.6 Å². The Morgan fingerprint density at radius 3 is 2.62 bits per heavy atom. The number of nitrogens with one attached hydrogen (secondary N) is 2. The van der Waals surface area contributed by atoms with Gasteiger partial charge in [0.05, 0.1) is 30.5 Å². The molecule has 0 saturated heterocycles. The van der Waals surface area contributed by atoms with Crippen molar-refractivity contribution in [2.75, 3.05) is 13.7 Å². The molecule has 0 saturated carbocycles. The van der Waals surface area contributed by atoms with Crippen molar-refractivity contribution >= 4 is 29.6 Å². The molecule has 2 aromatic rings. The van der Waals surface area contributed by atoms with Gasteiger partial charge in [0.1, 0.15) is 5.75 Å². The van der Waals surface area contributed by atoms with Crippen LogP contribution in [0, 0.1) is 0 Å². The Labute approximate surface area is 144 Å². The van der Waals surface area contributed by atoms with Crippen LogP contribution >= 0.6 is 11.6 Å². The molecule has 6 nitrogen and oxygen atoms in total. The van der Waals surface area contributed by atoms with E-state index in [1.165, 1.54) is 6.21 Å². The lowest BCUT2D eigenvalue weighted by Crippen LogP contribution is -2.35. The molecule has 0 atom stereocenters. The molecule has 0 aliphatic heterocycles. The summed E-state index contributed by atoms with van der Waals surface area (Å²) in [5.41, 5.74) is 3.36. The fourth-order valence-electron chi connectivity index (χ4n) is 1.89. The number of para-hydroxylation sites is 1. The average molecular weight is 346 g/mol. The molecule has 0 radical (unpaired) electrons. The van der Waals surface area contributed by atoms with Crippen molar-refractivity contribution in [1.82, 2.24) is 10.7 Å². The third-order valence-electron chi connectivity index (χ3n) is 3.06. The van der Waals surface area contributed by atoms with Crippen molar-refractivity contribution in [3.05, 3.63) is 64.7 Å². The minimum absolute atomic E-state index is 0.215. The van der Waals surface area contributed by atoms with E-state index in [4.69, 9.17) is 16.3 Å². The number of nitrogens with zero attached hydrogens (tertiary/aromatic N) is 1. The van der Waals surface area contributed by atoms with Crippen molar-refractivity contribution in [3.8, 4) is 5.75 Å². The van der Waals surface area contributed by atoms with Crippen LogP contribution in [-0.4, -0.2) is 31.7 Å². The molecule has 2 amide bonds. The van der Waals surface area contributed by atoms with Gasteiger partial charge in [0, 0.05) is 5.56 Å². The fraction of sp³-hybridized carbons (Fsp3) is 0.118. The highest BCUT2D eigenvalue weighted by Crippen LogP contribution is 2.15. The summed E-state index contributed by atoms with van der Waals surface area (Å²) in [5, 5.41) is 6.64. The lowest BCUT2D eigenvalue weighted by molar-refractivity contribution is -0.120. The number of hydrogen-bond donors (Lipinski definition) is 2. The van der Waals surface area contributed by atoms with E-state index in [-0.39, 0.29) is 6.54 Å². The zero-order valence-corrected chi connectivity index (χ0v) is 13.7. The van der Waals surface area contributed by atoms with Crippen LogP contribution in [0.3, 0.4) is 0 Å². The number of halogens is 1. The molecule has 0 unspecified atom stereocenters. The summed E-state index contributed by atoms with van der Waals surface area (Å²) in [5.74, 6) is -0.242. The summed E-state index contributed by atoms with van der Waals surface area (Å²) in [6.07, 6.45) is 1.46. The Kier molecular flexibility index (Phi) is 6.33. The normalized spacial score (nSPS) is 10.4. The summed E-state index contributed by atoms with van der Waals surface area (Å²) >= 11 is 5.92. The maximum absolute atomic E-state index is 11.9. The molecule has 0 aliphatic rings. The quantitative estimate of drug-likeness (QED) is 0.622. The summed E-state index contributed by atoms with van der Waals surface area (Å²) in [4.78, 5) is 23.6. The average Bonchev–Trinajstić information content (AvgIpc) is 2.60. The molecule has 2 N–H and O–H groups in total. The summed E-state index contributed by atoms with van der Waals surface area (Å²) in [6.45, 7) is -0.215. The Balaban J connectivity index is 1.84. The summed E-state index contributed by atoms with van der Waals surface area (Å²) < 4.78 is 5.17. The van der Waals surface area contributed by atoms with Crippen LogP contribution < -0.4 is 15.5 Å². The Bertz CT molecular complexity index is 762. The van der Waals surface area contributed by atoms with Crippen molar-refractivity contribution in [2.24, 2.45) is 5.10 Å². The molecule has 2 rings (SSSR count). The third-order valence-corrected chi connectivity index (χ3v) is 3.39. The molecule has 0 aliphatic carbocycles. The van der Waals surface area contributed by atoms with Crippen LogP contribution in [0.5, 0.6) is 5.75 Å². The molecule has 0 aromatic heterocycles. The number of ether oxygens (including phenoxy) is 1. The molecule has 24 heavy (non-hydrogen) atoms. The predicted octanol–water partition coefficient (Wildman–Crippen LogP) is 2.23. The molecule has 0 fully saturated rings. The first-order valence-electron chi connectivity index (χ1n) is 7.09. The van der Waals surface area contributed by atoms with Gasteiger partial charge in [-0.2, -0.15) is 5.10 Å². The molecule has 0 spiro atoms. The standard InChI is InChI=1S/C17H16ClN3O3/c1-24-15-9-5-2-6-12(15)10-20-21-16(22)11-19-17(23)13-7-3-4-8-14(13)18/h2-10H,11H2,1H3,(H,19,23)(H,21,22). The predicted molar refractivity (Wildman–Crippen MR) is 92.5 cm³/mol. The number of methoxy groups -OCH3 is 1. The smallest absolute Gasteiger partial charge is 0.259 e. The molecule has 124 valence electrons. The van der Waals surface area contributed by atoms with E-state index in [1.807, 2.05) is 12.1 Å². The summed E-state index contributed by atoms with van der Waals surface area (Å²) in [7, 11) is 1.55. The van der Waals surface area contributed by atoms with Crippen molar-refractivity contribution in [2.45, 2.75) is 0 Å². The lowest BCUT2D eigenvalue weighted by Gasteiger charge is -2.06. The Morgan fingerprint density at radius 1 is 1.17 bits per heavy atom. The number of hydrogen-bond acceptors (Lipinski definition) is 4. The van der Waals surface area contributed by atoms with Crippen LogP contribution in [0.2, 0.25) is 5.02 Å². The first-order chi connectivity index (χ1) is 11.6. The van der Waals surface area contributed by atoms with Gasteiger partial charge in [-0.15, -0.1) is 0 Å². The minimum atomic E-state index is -0.457. The maximum Gasteiger partial charge on any atom is 0.259 e.